The van der Waals surface area contributed by atoms with Crippen molar-refractivity contribution in [3.8, 4) is 0 Å². The van der Waals surface area contributed by atoms with E-state index in [2.05, 4.69) is 46.5 Å². The minimum absolute atomic E-state index is 0.714. The molecule has 0 rings (SSSR count). The first-order valence-electron chi connectivity index (χ1n) is 6.08. The summed E-state index contributed by atoms with van der Waals surface area (Å²) in [5, 5.41) is 0. The summed E-state index contributed by atoms with van der Waals surface area (Å²) in [6.45, 7) is 15.8. The molecule has 0 bridgehead atoms. The standard InChI is InChI=1S/C14H28P/c1-7-10-11-13(8-2)12-14(9-3)15(4,5)6/h8,11,14H,2,7,9-10,12H2,1,3-6H3/q+1/b13-11+. The maximum Gasteiger partial charge on any atom is 0.0727 e. The molecule has 0 heterocycles. The SMILES string of the molecule is C=C/C(=C\CCC)CC(CC)[P+](C)(C)C. The summed E-state index contributed by atoms with van der Waals surface area (Å²) >= 11 is 0. The van der Waals surface area contributed by atoms with E-state index in [1.807, 2.05) is 6.08 Å². The van der Waals surface area contributed by atoms with Crippen molar-refractivity contribution in [3.63, 3.8) is 0 Å². The monoisotopic (exact) mass is 227 g/mol. The number of allylic oxidation sites excluding steroid dienone is 3. The second-order valence-electron chi connectivity index (χ2n) is 5.15. The van der Waals surface area contributed by atoms with Crippen molar-refractivity contribution in [3.05, 3.63) is 24.3 Å². The van der Waals surface area contributed by atoms with Gasteiger partial charge in [0.1, 0.15) is 0 Å². The predicted octanol–water partition coefficient (Wildman–Crippen LogP) is 4.97. The zero-order valence-electron chi connectivity index (χ0n) is 11.2. The highest BCUT2D eigenvalue weighted by atomic mass is 31.2. The lowest BCUT2D eigenvalue weighted by Crippen LogP contribution is -2.11. The second-order valence-corrected chi connectivity index (χ2v) is 10.1. The molecule has 0 fully saturated rings. The van der Waals surface area contributed by atoms with Gasteiger partial charge in [-0.05, 0) is 18.4 Å². The van der Waals surface area contributed by atoms with Crippen LogP contribution in [0.2, 0.25) is 0 Å². The average molecular weight is 227 g/mol. The summed E-state index contributed by atoms with van der Waals surface area (Å²) in [6, 6.07) is 0. The Morgan fingerprint density at radius 2 is 1.87 bits per heavy atom. The average Bonchev–Trinajstić information content (AvgIpc) is 2.16. The van der Waals surface area contributed by atoms with Crippen LogP contribution in [0.15, 0.2) is 24.3 Å². The zero-order chi connectivity index (χ0) is 11.9. The van der Waals surface area contributed by atoms with Crippen molar-refractivity contribution in [1.82, 2.24) is 0 Å². The van der Waals surface area contributed by atoms with E-state index in [1.165, 1.54) is 31.3 Å². The predicted molar refractivity (Wildman–Crippen MR) is 76.6 cm³/mol. The van der Waals surface area contributed by atoms with Crippen LogP contribution in [0, 0.1) is 0 Å². The van der Waals surface area contributed by atoms with E-state index in [0.717, 1.165) is 5.66 Å². The third-order valence-electron chi connectivity index (χ3n) is 3.00. The molecule has 1 atom stereocenters. The van der Waals surface area contributed by atoms with E-state index in [-0.39, 0.29) is 0 Å². The van der Waals surface area contributed by atoms with Gasteiger partial charge in [-0.2, -0.15) is 0 Å². The van der Waals surface area contributed by atoms with Gasteiger partial charge in [-0.15, -0.1) is 0 Å². The van der Waals surface area contributed by atoms with Gasteiger partial charge < -0.3 is 0 Å². The first-order chi connectivity index (χ1) is 6.95. The third kappa shape index (κ3) is 6.15. The Morgan fingerprint density at radius 3 is 2.20 bits per heavy atom. The molecule has 1 unspecified atom stereocenters. The molecule has 88 valence electrons. The number of unbranched alkanes of at least 4 members (excludes halogenated alkanes) is 1. The van der Waals surface area contributed by atoms with Gasteiger partial charge >= 0.3 is 0 Å². The van der Waals surface area contributed by atoms with Gasteiger partial charge in [0.05, 0.1) is 5.66 Å². The Labute approximate surface area is 97.2 Å². The summed E-state index contributed by atoms with van der Waals surface area (Å²) in [5.41, 5.74) is 2.33. The molecule has 1 heteroatoms. The Morgan fingerprint density at radius 1 is 1.27 bits per heavy atom. The molecule has 15 heavy (non-hydrogen) atoms. The largest absolute Gasteiger partial charge is 0.0988 e. The normalized spacial score (nSPS) is 15.1. The van der Waals surface area contributed by atoms with Gasteiger partial charge in [-0.25, -0.2) is 0 Å². The van der Waals surface area contributed by atoms with Crippen LogP contribution in [0.4, 0.5) is 0 Å². The van der Waals surface area contributed by atoms with Crippen LogP contribution in [0.5, 0.6) is 0 Å². The van der Waals surface area contributed by atoms with Crippen molar-refractivity contribution in [2.45, 2.75) is 45.2 Å². The minimum atomic E-state index is -0.714. The highest BCUT2D eigenvalue weighted by Gasteiger charge is 2.29. The number of rotatable bonds is 7. The van der Waals surface area contributed by atoms with Gasteiger partial charge in [0.15, 0.2) is 0 Å². The molecule has 0 saturated carbocycles. The van der Waals surface area contributed by atoms with Crippen molar-refractivity contribution >= 4 is 7.26 Å². The minimum Gasteiger partial charge on any atom is -0.0988 e. The molecule has 0 aromatic carbocycles. The topological polar surface area (TPSA) is 0 Å². The summed E-state index contributed by atoms with van der Waals surface area (Å²) in [7, 11) is -0.714. The van der Waals surface area contributed by atoms with Crippen molar-refractivity contribution < 1.29 is 0 Å². The molecule has 0 aliphatic rings. The van der Waals surface area contributed by atoms with E-state index >= 15 is 0 Å². The van der Waals surface area contributed by atoms with Crippen LogP contribution in [0.25, 0.3) is 0 Å². The molecule has 0 saturated heterocycles. The summed E-state index contributed by atoms with van der Waals surface area (Å²) in [5.74, 6) is 0. The fraction of sp³-hybridized carbons (Fsp3) is 0.714. The highest BCUT2D eigenvalue weighted by molar-refractivity contribution is 7.74. The lowest BCUT2D eigenvalue weighted by atomic mass is 10.1. The van der Waals surface area contributed by atoms with Gasteiger partial charge in [0.25, 0.3) is 0 Å². The Balaban J connectivity index is 4.44. The van der Waals surface area contributed by atoms with E-state index in [4.69, 9.17) is 0 Å². The van der Waals surface area contributed by atoms with Gasteiger partial charge in [0, 0.05) is 33.7 Å². The molecule has 0 spiro atoms. The van der Waals surface area contributed by atoms with E-state index < -0.39 is 7.26 Å². The number of hydrogen-bond donors (Lipinski definition) is 0. The fourth-order valence-electron chi connectivity index (χ4n) is 1.82. The summed E-state index contributed by atoms with van der Waals surface area (Å²) in [4.78, 5) is 0. The summed E-state index contributed by atoms with van der Waals surface area (Å²) < 4.78 is 0. The van der Waals surface area contributed by atoms with E-state index in [0.29, 0.717) is 0 Å². The molecule has 0 N–H and O–H groups in total. The Bertz CT molecular complexity index is 208. The molecule has 0 amide bonds. The smallest absolute Gasteiger partial charge is 0.0727 e. The van der Waals surface area contributed by atoms with Crippen LogP contribution in [-0.2, 0) is 0 Å². The van der Waals surface area contributed by atoms with Gasteiger partial charge in [0.2, 0.25) is 0 Å². The first kappa shape index (κ1) is 14.9. The number of hydrogen-bond acceptors (Lipinski definition) is 0. The zero-order valence-corrected chi connectivity index (χ0v) is 12.1. The molecule has 0 nitrogen and oxygen atoms in total. The Hall–Kier alpha value is -0.0900. The molecular formula is C14H28P+. The van der Waals surface area contributed by atoms with Crippen LogP contribution < -0.4 is 0 Å². The van der Waals surface area contributed by atoms with Gasteiger partial charge in [-0.1, -0.05) is 39.0 Å². The van der Waals surface area contributed by atoms with Crippen LogP contribution >= 0.6 is 7.26 Å². The Kier molecular flexibility index (Phi) is 7.18. The summed E-state index contributed by atoms with van der Waals surface area (Å²) in [6.07, 6.45) is 9.38. The van der Waals surface area contributed by atoms with E-state index in [1.54, 1.807) is 0 Å². The molecule has 0 aliphatic heterocycles. The van der Waals surface area contributed by atoms with Crippen molar-refractivity contribution in [2.24, 2.45) is 0 Å². The molecule has 0 aromatic rings. The van der Waals surface area contributed by atoms with Crippen LogP contribution in [0.1, 0.15) is 39.5 Å². The lowest BCUT2D eigenvalue weighted by molar-refractivity contribution is 0.795. The van der Waals surface area contributed by atoms with Crippen molar-refractivity contribution in [1.29, 1.82) is 0 Å². The maximum absolute atomic E-state index is 3.93. The van der Waals surface area contributed by atoms with Crippen molar-refractivity contribution in [2.75, 3.05) is 20.0 Å². The fourth-order valence-corrected chi connectivity index (χ4v) is 3.67. The lowest BCUT2D eigenvalue weighted by Gasteiger charge is -2.23. The maximum atomic E-state index is 3.93. The molecule has 0 aliphatic carbocycles. The van der Waals surface area contributed by atoms with Crippen LogP contribution in [-0.4, -0.2) is 25.7 Å². The quantitative estimate of drug-likeness (QED) is 0.425. The molecular weight excluding hydrogens is 199 g/mol. The molecule has 0 aromatic heterocycles. The van der Waals surface area contributed by atoms with Gasteiger partial charge in [-0.3, -0.25) is 0 Å². The van der Waals surface area contributed by atoms with E-state index in [9.17, 15) is 0 Å². The molecule has 0 radical (unpaired) electrons. The third-order valence-corrected chi connectivity index (χ3v) is 5.73. The van der Waals surface area contributed by atoms with Crippen LogP contribution in [0.3, 0.4) is 0 Å². The second kappa shape index (κ2) is 7.23. The highest BCUT2D eigenvalue weighted by Crippen LogP contribution is 2.55. The first-order valence-corrected chi connectivity index (χ1v) is 9.28.